The molecular formula is C23H27FN4O3. The second kappa shape index (κ2) is 8.55. The Kier molecular flexibility index (Phi) is 5.82. The summed E-state index contributed by atoms with van der Waals surface area (Å²) in [6.07, 6.45) is 0.736. The van der Waals surface area contributed by atoms with E-state index >= 15 is 0 Å². The monoisotopic (exact) mass is 426 g/mol. The van der Waals surface area contributed by atoms with Gasteiger partial charge in [0.1, 0.15) is 11.6 Å². The molecule has 0 radical (unpaired) electrons. The molecule has 1 amide bonds. The fourth-order valence-corrected chi connectivity index (χ4v) is 3.94. The summed E-state index contributed by atoms with van der Waals surface area (Å²) in [5.74, 6) is -0.0610. The molecule has 2 heterocycles. The predicted molar refractivity (Wildman–Crippen MR) is 117 cm³/mol. The van der Waals surface area contributed by atoms with Crippen LogP contribution >= 0.6 is 0 Å². The van der Waals surface area contributed by atoms with Crippen LogP contribution in [0.4, 0.5) is 15.8 Å². The lowest BCUT2D eigenvalue weighted by molar-refractivity contribution is -0.119. The molecule has 0 aliphatic carbocycles. The van der Waals surface area contributed by atoms with Crippen molar-refractivity contribution in [3.8, 4) is 5.75 Å². The number of fused-ring (bicyclic) bond motifs is 1. The molecule has 164 valence electrons. The van der Waals surface area contributed by atoms with Gasteiger partial charge in [0.2, 0.25) is 0 Å². The first-order valence-electron chi connectivity index (χ1n) is 10.4. The minimum Gasteiger partial charge on any atom is -0.476 e. The van der Waals surface area contributed by atoms with Gasteiger partial charge < -0.3 is 20.3 Å². The number of hydrogen-bond acceptors (Lipinski definition) is 6. The number of nitrogens with zero attached hydrogens (tertiary/aromatic N) is 2. The summed E-state index contributed by atoms with van der Waals surface area (Å²) in [7, 11) is 1.62. The smallest absolute Gasteiger partial charge is 0.251 e. The standard InChI is InChI=1S/C23H27FN4O3/c1-23(15-29)14-26-20-11-17(19(24)12-21(20)31-23)13-27-7-9-28(10-8-27)18-5-3-16(4-6-18)22(30)25-2/h3-6,11-12,15,26H,7-10,13-14H2,1-2H3,(H,25,30). The number of ether oxygens (including phenoxy) is 1. The Bertz CT molecular complexity index is 974. The van der Waals surface area contributed by atoms with Crippen molar-refractivity contribution in [2.75, 3.05) is 50.0 Å². The lowest BCUT2D eigenvalue weighted by atomic mass is 10.0. The molecule has 2 aromatic carbocycles. The van der Waals surface area contributed by atoms with Crippen LogP contribution in [0.25, 0.3) is 0 Å². The maximum Gasteiger partial charge on any atom is 0.251 e. The van der Waals surface area contributed by atoms with E-state index in [1.54, 1.807) is 20.0 Å². The number of nitrogens with one attached hydrogen (secondary N) is 2. The second-order valence-electron chi connectivity index (χ2n) is 8.22. The molecule has 7 nitrogen and oxygen atoms in total. The zero-order valence-electron chi connectivity index (χ0n) is 17.8. The molecule has 31 heavy (non-hydrogen) atoms. The molecule has 2 aromatic rings. The van der Waals surface area contributed by atoms with E-state index in [0.29, 0.717) is 35.7 Å². The van der Waals surface area contributed by atoms with E-state index in [0.717, 1.165) is 38.2 Å². The first kappa shape index (κ1) is 21.1. The van der Waals surface area contributed by atoms with Gasteiger partial charge in [0.15, 0.2) is 11.9 Å². The molecule has 8 heteroatoms. The number of carbonyl (C=O) groups is 2. The van der Waals surface area contributed by atoms with E-state index in [-0.39, 0.29) is 11.7 Å². The summed E-state index contributed by atoms with van der Waals surface area (Å²) in [5.41, 5.74) is 2.06. The van der Waals surface area contributed by atoms with Crippen molar-refractivity contribution in [3.05, 3.63) is 53.3 Å². The molecule has 1 unspecified atom stereocenters. The lowest BCUT2D eigenvalue weighted by Gasteiger charge is -2.36. The summed E-state index contributed by atoms with van der Waals surface area (Å²) in [4.78, 5) is 27.4. The highest BCUT2D eigenvalue weighted by atomic mass is 19.1. The fourth-order valence-electron chi connectivity index (χ4n) is 3.94. The van der Waals surface area contributed by atoms with Gasteiger partial charge in [-0.2, -0.15) is 0 Å². The Balaban J connectivity index is 1.37. The predicted octanol–water partition coefficient (Wildman–Crippen LogP) is 2.27. The quantitative estimate of drug-likeness (QED) is 0.715. The number of rotatable bonds is 5. The highest BCUT2D eigenvalue weighted by Gasteiger charge is 2.32. The zero-order chi connectivity index (χ0) is 22.0. The van der Waals surface area contributed by atoms with Crippen molar-refractivity contribution in [3.63, 3.8) is 0 Å². The van der Waals surface area contributed by atoms with Gasteiger partial charge in [-0.05, 0) is 37.3 Å². The first-order chi connectivity index (χ1) is 14.9. The van der Waals surface area contributed by atoms with Crippen LogP contribution in [0.2, 0.25) is 0 Å². The molecular weight excluding hydrogens is 399 g/mol. The van der Waals surface area contributed by atoms with Gasteiger partial charge in [-0.3, -0.25) is 14.5 Å². The number of hydrogen-bond donors (Lipinski definition) is 2. The van der Waals surface area contributed by atoms with Crippen LogP contribution in [0.15, 0.2) is 36.4 Å². The molecule has 1 fully saturated rings. The molecule has 0 bridgehead atoms. The lowest BCUT2D eigenvalue weighted by Crippen LogP contribution is -2.46. The highest BCUT2D eigenvalue weighted by Crippen LogP contribution is 2.35. The number of carbonyl (C=O) groups excluding carboxylic acids is 2. The molecule has 2 N–H and O–H groups in total. The number of anilines is 2. The zero-order valence-corrected chi connectivity index (χ0v) is 17.8. The summed E-state index contributed by atoms with van der Waals surface area (Å²) < 4.78 is 20.4. The van der Waals surface area contributed by atoms with E-state index in [9.17, 15) is 14.0 Å². The number of aldehydes is 1. The van der Waals surface area contributed by atoms with Crippen molar-refractivity contribution in [1.29, 1.82) is 0 Å². The minimum atomic E-state index is -0.976. The molecule has 2 aliphatic heterocycles. The van der Waals surface area contributed by atoms with Crippen LogP contribution in [-0.2, 0) is 11.3 Å². The topological polar surface area (TPSA) is 73.9 Å². The van der Waals surface area contributed by atoms with Crippen LogP contribution in [-0.4, -0.2) is 62.5 Å². The summed E-state index contributed by atoms with van der Waals surface area (Å²) in [6.45, 7) is 5.80. The molecule has 1 atom stereocenters. The van der Waals surface area contributed by atoms with Crippen molar-refractivity contribution in [1.82, 2.24) is 10.2 Å². The summed E-state index contributed by atoms with van der Waals surface area (Å²) in [6, 6.07) is 10.7. The van der Waals surface area contributed by atoms with Crippen LogP contribution in [0.5, 0.6) is 5.75 Å². The largest absolute Gasteiger partial charge is 0.476 e. The third-order valence-corrected chi connectivity index (χ3v) is 5.86. The van der Waals surface area contributed by atoms with Crippen LogP contribution < -0.4 is 20.3 Å². The average Bonchev–Trinajstić information content (AvgIpc) is 2.80. The normalized spacial score (nSPS) is 20.9. The number of piperazine rings is 1. The Morgan fingerprint density at radius 1 is 1.23 bits per heavy atom. The number of halogens is 1. The van der Waals surface area contributed by atoms with Crippen molar-refractivity contribution < 1.29 is 18.7 Å². The van der Waals surface area contributed by atoms with Gasteiger partial charge in [-0.1, -0.05) is 0 Å². The third-order valence-electron chi connectivity index (χ3n) is 5.86. The van der Waals surface area contributed by atoms with Crippen LogP contribution in [0.1, 0.15) is 22.8 Å². The van der Waals surface area contributed by atoms with Crippen LogP contribution in [0, 0.1) is 5.82 Å². The van der Waals surface area contributed by atoms with Gasteiger partial charge in [0.25, 0.3) is 5.91 Å². The van der Waals surface area contributed by atoms with Gasteiger partial charge in [-0.25, -0.2) is 4.39 Å². The second-order valence-corrected chi connectivity index (χ2v) is 8.22. The molecule has 0 aromatic heterocycles. The van der Waals surface area contributed by atoms with E-state index in [4.69, 9.17) is 4.74 Å². The van der Waals surface area contributed by atoms with Crippen molar-refractivity contribution >= 4 is 23.6 Å². The Morgan fingerprint density at radius 3 is 2.58 bits per heavy atom. The van der Waals surface area contributed by atoms with E-state index in [1.807, 2.05) is 24.3 Å². The average molecular weight is 426 g/mol. The van der Waals surface area contributed by atoms with Crippen LogP contribution in [0.3, 0.4) is 0 Å². The Labute approximate surface area is 181 Å². The number of amides is 1. The molecule has 1 saturated heterocycles. The van der Waals surface area contributed by atoms with Crippen molar-refractivity contribution in [2.45, 2.75) is 19.1 Å². The maximum absolute atomic E-state index is 14.7. The first-order valence-corrected chi connectivity index (χ1v) is 10.4. The highest BCUT2D eigenvalue weighted by molar-refractivity contribution is 5.94. The van der Waals surface area contributed by atoms with Gasteiger partial charge in [0, 0.05) is 62.7 Å². The maximum atomic E-state index is 14.7. The molecule has 0 saturated carbocycles. The minimum absolute atomic E-state index is 0.0980. The van der Waals surface area contributed by atoms with Gasteiger partial charge >= 0.3 is 0 Å². The Morgan fingerprint density at radius 2 is 1.94 bits per heavy atom. The van der Waals surface area contributed by atoms with Gasteiger partial charge in [-0.15, -0.1) is 0 Å². The van der Waals surface area contributed by atoms with E-state index < -0.39 is 5.60 Å². The molecule has 4 rings (SSSR count). The molecule has 2 aliphatic rings. The van der Waals surface area contributed by atoms with E-state index in [2.05, 4.69) is 20.4 Å². The molecule has 0 spiro atoms. The number of benzene rings is 2. The SMILES string of the molecule is CNC(=O)c1ccc(N2CCN(Cc3cc4c(cc3F)OC(C)(C=O)CN4)CC2)cc1. The van der Waals surface area contributed by atoms with E-state index in [1.165, 1.54) is 6.07 Å². The van der Waals surface area contributed by atoms with Crippen molar-refractivity contribution in [2.24, 2.45) is 0 Å². The Hall–Kier alpha value is -3.13. The summed E-state index contributed by atoms with van der Waals surface area (Å²) >= 11 is 0. The fraction of sp³-hybridized carbons (Fsp3) is 0.391. The van der Waals surface area contributed by atoms with Gasteiger partial charge in [0.05, 0.1) is 12.2 Å². The third kappa shape index (κ3) is 4.49. The summed E-state index contributed by atoms with van der Waals surface area (Å²) in [5, 5.41) is 5.80.